The normalized spacial score (nSPS) is 29.8. The average molecular weight is 864 g/mol. The fourth-order valence-electron chi connectivity index (χ4n) is 8.76. The van der Waals surface area contributed by atoms with Crippen molar-refractivity contribution in [2.24, 2.45) is 17.8 Å². The number of nitrogens with zero attached hydrogens (tertiary/aromatic N) is 3. The highest BCUT2D eigenvalue weighted by Gasteiger charge is 2.64. The zero-order valence-electron chi connectivity index (χ0n) is 34.2. The van der Waals surface area contributed by atoms with Gasteiger partial charge in [-0.2, -0.15) is 13.2 Å². The first-order valence-electron chi connectivity index (χ1n) is 20.4. The first-order valence-corrected chi connectivity index (χ1v) is 21.9. The molecule has 0 unspecified atom stereocenters. The molecule has 2 aromatic rings. The number of hydrogen-bond acceptors (Lipinski definition) is 10. The predicted molar refractivity (Wildman–Crippen MR) is 211 cm³/mol. The molecule has 7 rings (SSSR count). The Bertz CT molecular complexity index is 2200. The van der Waals surface area contributed by atoms with Gasteiger partial charge in [0.05, 0.1) is 11.3 Å². The maximum atomic E-state index is 15.2. The summed E-state index contributed by atoms with van der Waals surface area (Å²) in [6.45, 7) is 6.77. The quantitative estimate of drug-likeness (QED) is 0.291. The van der Waals surface area contributed by atoms with Crippen LogP contribution in [0.15, 0.2) is 36.5 Å². The Morgan fingerprint density at radius 2 is 1.83 bits per heavy atom. The SMILES string of the molecule is CC[C@@H]1C[C@@H](C)CC/C=C\[C@@H]2C[C@@]2(C(=O)NS(=O)(=O)C2(C)CC2)NC(=O)[C@@H]2C[C@@H](Oc3nccc4c5c(ccc34)OCCO5)CN2C(=O)[C@H]1N(C(=O)O)C(C)(C)C(F)(F)F. The van der Waals surface area contributed by atoms with Crippen LogP contribution in [-0.4, -0.2) is 112 Å². The molecule has 19 heteroatoms. The van der Waals surface area contributed by atoms with E-state index >= 15 is 4.79 Å². The first-order chi connectivity index (χ1) is 28.1. The van der Waals surface area contributed by atoms with Gasteiger partial charge in [0, 0.05) is 29.3 Å². The van der Waals surface area contributed by atoms with E-state index in [-0.39, 0.29) is 48.9 Å². The van der Waals surface area contributed by atoms with Gasteiger partial charge in [-0.05, 0) is 89.3 Å². The Balaban J connectivity index is 1.30. The molecule has 2 aliphatic carbocycles. The van der Waals surface area contributed by atoms with Crippen molar-refractivity contribution in [2.45, 2.75) is 126 Å². The van der Waals surface area contributed by atoms with Crippen LogP contribution in [0, 0.1) is 17.8 Å². The molecule has 60 heavy (non-hydrogen) atoms. The number of rotatable bonds is 8. The van der Waals surface area contributed by atoms with E-state index in [0.29, 0.717) is 75.0 Å². The molecule has 0 radical (unpaired) electrons. The van der Waals surface area contributed by atoms with Crippen molar-refractivity contribution >= 4 is 44.6 Å². The molecule has 1 saturated heterocycles. The molecule has 1 aromatic carbocycles. The van der Waals surface area contributed by atoms with Gasteiger partial charge in [-0.25, -0.2) is 18.2 Å². The van der Waals surface area contributed by atoms with Gasteiger partial charge in [0.2, 0.25) is 27.7 Å². The van der Waals surface area contributed by atoms with Crippen LogP contribution in [0.25, 0.3) is 10.8 Å². The van der Waals surface area contributed by atoms with E-state index in [4.69, 9.17) is 14.2 Å². The lowest BCUT2D eigenvalue weighted by molar-refractivity contribution is -0.222. The molecule has 15 nitrogen and oxygen atoms in total. The van der Waals surface area contributed by atoms with E-state index < -0.39 is 85.9 Å². The fourth-order valence-corrected chi connectivity index (χ4v) is 10.1. The number of alkyl halides is 3. The van der Waals surface area contributed by atoms with Crippen LogP contribution in [0.4, 0.5) is 18.0 Å². The summed E-state index contributed by atoms with van der Waals surface area (Å²) in [7, 11) is -4.13. The number of nitrogens with one attached hydrogen (secondary N) is 2. The second kappa shape index (κ2) is 15.6. The van der Waals surface area contributed by atoms with Gasteiger partial charge in [-0.1, -0.05) is 32.4 Å². The molecular weight excluding hydrogens is 812 g/mol. The van der Waals surface area contributed by atoms with Crippen molar-refractivity contribution in [1.29, 1.82) is 0 Å². The van der Waals surface area contributed by atoms with Crippen molar-refractivity contribution in [3.05, 3.63) is 36.5 Å². The van der Waals surface area contributed by atoms with Crippen LogP contribution < -0.4 is 24.2 Å². The van der Waals surface area contributed by atoms with Crippen molar-refractivity contribution in [3.8, 4) is 17.4 Å². The molecule has 5 aliphatic rings. The number of carboxylic acid groups (broad SMARTS) is 1. The molecule has 2 saturated carbocycles. The van der Waals surface area contributed by atoms with Gasteiger partial charge in [0.1, 0.15) is 42.5 Å². The zero-order chi connectivity index (χ0) is 43.6. The molecule has 3 N–H and O–H groups in total. The van der Waals surface area contributed by atoms with Crippen molar-refractivity contribution in [3.63, 3.8) is 0 Å². The molecule has 0 spiro atoms. The standard InChI is InChI=1S/C41H52F3N5O10S/c1-6-24-19-23(2)9-7-8-10-25-21-40(25,36(52)47-60(55,56)39(5)14-15-39)46-33(50)29-20-26(22-48(29)35(51)31(24)49(37(53)54)38(3,4)41(42,43)44)59-34-28-11-12-30-32(58-18-17-57-30)27(28)13-16-45-34/h8,10-13,16,23-26,29,31H,6-7,9,14-15,17-22H2,1-5H3,(H,46,50)(H,47,52)(H,53,54)/b10-8-/t23-,24+,25+,26+,29-,31-,40+/m0/s1. The van der Waals surface area contributed by atoms with Crippen LogP contribution in [-0.2, 0) is 24.4 Å². The number of benzene rings is 1. The molecular formula is C41H52F3N5O10S. The maximum absolute atomic E-state index is 15.2. The molecule has 0 bridgehead atoms. The minimum Gasteiger partial charge on any atom is -0.486 e. The van der Waals surface area contributed by atoms with E-state index in [2.05, 4.69) is 15.0 Å². The molecule has 7 atom stereocenters. The summed E-state index contributed by atoms with van der Waals surface area (Å²) in [5, 5.41) is 14.4. The van der Waals surface area contributed by atoms with Crippen LogP contribution in [0.2, 0.25) is 0 Å². The third-order valence-electron chi connectivity index (χ3n) is 13.0. The van der Waals surface area contributed by atoms with Crippen LogP contribution in [0.3, 0.4) is 0 Å². The smallest absolute Gasteiger partial charge is 0.411 e. The number of sulfonamides is 1. The van der Waals surface area contributed by atoms with Crippen LogP contribution in [0.5, 0.6) is 17.4 Å². The van der Waals surface area contributed by atoms with Gasteiger partial charge in [0.25, 0.3) is 5.91 Å². The second-order valence-electron chi connectivity index (χ2n) is 17.6. The van der Waals surface area contributed by atoms with Gasteiger partial charge >= 0.3 is 12.3 Å². The van der Waals surface area contributed by atoms with Crippen molar-refractivity contribution in [2.75, 3.05) is 19.8 Å². The zero-order valence-corrected chi connectivity index (χ0v) is 35.0. The molecule has 3 aliphatic heterocycles. The number of pyridine rings is 1. The summed E-state index contributed by atoms with van der Waals surface area (Å²) in [5.74, 6) is -3.47. The van der Waals surface area contributed by atoms with Crippen molar-refractivity contribution < 1.29 is 60.1 Å². The number of halogens is 3. The minimum absolute atomic E-state index is 0.0482. The number of amides is 4. The Hall–Kier alpha value is -4.81. The number of fused-ring (bicyclic) bond motifs is 5. The Morgan fingerprint density at radius 3 is 2.50 bits per heavy atom. The lowest BCUT2D eigenvalue weighted by atomic mass is 9.82. The highest BCUT2D eigenvalue weighted by atomic mass is 32.2. The van der Waals surface area contributed by atoms with Gasteiger partial charge < -0.3 is 29.5 Å². The number of carbonyl (C=O) groups is 4. The van der Waals surface area contributed by atoms with Crippen LogP contribution >= 0.6 is 0 Å². The molecule has 1 aromatic heterocycles. The number of aromatic nitrogens is 1. The lowest BCUT2D eigenvalue weighted by Crippen LogP contribution is -2.66. The number of hydrogen-bond donors (Lipinski definition) is 3. The van der Waals surface area contributed by atoms with Gasteiger partial charge in [0.15, 0.2) is 11.5 Å². The summed E-state index contributed by atoms with van der Waals surface area (Å²) in [5.41, 5.74) is -4.76. The highest BCUT2D eigenvalue weighted by Crippen LogP contribution is 2.48. The highest BCUT2D eigenvalue weighted by molar-refractivity contribution is 7.91. The Labute approximate surface area is 346 Å². The number of carbonyl (C=O) groups excluding carboxylic acids is 3. The summed E-state index contributed by atoms with van der Waals surface area (Å²) >= 11 is 0. The Kier molecular flexibility index (Phi) is 11.2. The van der Waals surface area contributed by atoms with E-state index in [1.807, 2.05) is 13.0 Å². The molecule has 328 valence electrons. The third-order valence-corrected chi connectivity index (χ3v) is 15.2. The largest absolute Gasteiger partial charge is 0.486 e. The van der Waals surface area contributed by atoms with Gasteiger partial charge in [-0.15, -0.1) is 0 Å². The summed E-state index contributed by atoms with van der Waals surface area (Å²) in [6.07, 6.45) is -1.21. The maximum Gasteiger partial charge on any atom is 0.411 e. The second-order valence-corrected chi connectivity index (χ2v) is 19.8. The topological polar surface area (TPSA) is 194 Å². The molecule has 3 fully saturated rings. The van der Waals surface area contributed by atoms with E-state index in [0.717, 1.165) is 4.90 Å². The summed E-state index contributed by atoms with van der Waals surface area (Å²) in [4.78, 5) is 62.5. The van der Waals surface area contributed by atoms with Gasteiger partial charge in [-0.3, -0.25) is 24.0 Å². The predicted octanol–water partition coefficient (Wildman–Crippen LogP) is 5.32. The number of ether oxygens (including phenoxy) is 3. The van der Waals surface area contributed by atoms with E-state index in [9.17, 15) is 41.1 Å². The van der Waals surface area contributed by atoms with E-state index in [1.54, 1.807) is 31.2 Å². The first kappa shape index (κ1) is 43.3. The monoisotopic (exact) mass is 863 g/mol. The summed E-state index contributed by atoms with van der Waals surface area (Å²) in [6, 6.07) is 1.73. The lowest BCUT2D eigenvalue weighted by Gasteiger charge is -2.46. The number of allylic oxidation sites excluding steroid dienone is 1. The summed E-state index contributed by atoms with van der Waals surface area (Å²) < 4.78 is 90.0. The third kappa shape index (κ3) is 7.81. The van der Waals surface area contributed by atoms with Crippen LogP contribution in [0.1, 0.15) is 86.0 Å². The molecule has 4 heterocycles. The average Bonchev–Trinajstić information content (AvgIpc) is 4.06. The van der Waals surface area contributed by atoms with E-state index in [1.165, 1.54) is 13.1 Å². The Morgan fingerprint density at radius 1 is 1.12 bits per heavy atom. The molecule has 4 amide bonds. The van der Waals surface area contributed by atoms with Crippen molar-refractivity contribution in [1.82, 2.24) is 24.8 Å². The minimum atomic E-state index is -5.10. The fraction of sp³-hybridized carbons (Fsp3) is 0.634.